The number of carbonyl (C=O) groups is 2. The Morgan fingerprint density at radius 3 is 2.44 bits per heavy atom. The van der Waals surface area contributed by atoms with Crippen LogP contribution in [0.4, 0.5) is 0 Å². The molecule has 1 saturated heterocycles. The number of hydrogen-bond acceptors (Lipinski definition) is 3. The van der Waals surface area contributed by atoms with E-state index in [0.717, 1.165) is 12.8 Å². The molecule has 1 aliphatic heterocycles. The molecule has 4 nitrogen and oxygen atoms in total. The normalized spacial score (nSPS) is 36.6. The Morgan fingerprint density at radius 2 is 1.81 bits per heavy atom. The second-order valence-electron chi connectivity index (χ2n) is 5.02. The zero-order chi connectivity index (χ0) is 11.7. The highest BCUT2D eigenvalue weighted by atomic mass is 16.3. The highest BCUT2D eigenvalue weighted by Gasteiger charge is 2.38. The quantitative estimate of drug-likeness (QED) is 0.679. The number of aliphatic hydroxyl groups excluding tert-OH is 1. The van der Waals surface area contributed by atoms with Crippen LogP contribution in [-0.4, -0.2) is 34.0 Å². The van der Waals surface area contributed by atoms with Crippen LogP contribution in [0.5, 0.6) is 0 Å². The molecular weight excluding hydrogens is 206 g/mol. The summed E-state index contributed by atoms with van der Waals surface area (Å²) in [7, 11) is 0. The lowest BCUT2D eigenvalue weighted by Gasteiger charge is -2.40. The van der Waals surface area contributed by atoms with Crippen molar-refractivity contribution in [3.05, 3.63) is 0 Å². The van der Waals surface area contributed by atoms with Crippen molar-refractivity contribution in [2.45, 2.75) is 57.6 Å². The molecule has 2 amide bonds. The van der Waals surface area contributed by atoms with E-state index >= 15 is 0 Å². The Morgan fingerprint density at radius 1 is 1.19 bits per heavy atom. The van der Waals surface area contributed by atoms with E-state index in [4.69, 9.17) is 0 Å². The molecule has 0 aromatic rings. The lowest BCUT2D eigenvalue weighted by molar-refractivity contribution is -0.154. The first-order valence-electron chi connectivity index (χ1n) is 6.12. The summed E-state index contributed by atoms with van der Waals surface area (Å²) in [5.41, 5.74) is 0. The zero-order valence-electron chi connectivity index (χ0n) is 9.69. The largest absolute Gasteiger partial charge is 0.393 e. The molecule has 0 bridgehead atoms. The fourth-order valence-corrected chi connectivity index (χ4v) is 2.78. The molecule has 0 aromatic heterocycles. The predicted molar refractivity (Wildman–Crippen MR) is 58.5 cm³/mol. The average Bonchev–Trinajstić information content (AvgIpc) is 2.23. The standard InChI is InChI=1S/C12H19NO3/c1-8-5-6-9(14)7-10(8)13-11(15)3-2-4-12(13)16/h8-10,14H,2-7H2,1H3. The van der Waals surface area contributed by atoms with Crippen LogP contribution >= 0.6 is 0 Å². The van der Waals surface area contributed by atoms with E-state index in [0.29, 0.717) is 31.6 Å². The van der Waals surface area contributed by atoms with Crippen LogP contribution in [0.3, 0.4) is 0 Å². The maximum Gasteiger partial charge on any atom is 0.229 e. The molecule has 0 aromatic carbocycles. The Labute approximate surface area is 95.6 Å². The number of rotatable bonds is 1. The maximum atomic E-state index is 11.8. The van der Waals surface area contributed by atoms with Gasteiger partial charge in [-0.3, -0.25) is 14.5 Å². The van der Waals surface area contributed by atoms with Crippen molar-refractivity contribution in [3.63, 3.8) is 0 Å². The molecule has 1 aliphatic carbocycles. The smallest absolute Gasteiger partial charge is 0.229 e. The molecule has 90 valence electrons. The summed E-state index contributed by atoms with van der Waals surface area (Å²) in [6.45, 7) is 2.06. The second-order valence-corrected chi connectivity index (χ2v) is 5.02. The fourth-order valence-electron chi connectivity index (χ4n) is 2.78. The predicted octanol–water partition coefficient (Wildman–Crippen LogP) is 1.07. The molecule has 0 spiro atoms. The van der Waals surface area contributed by atoms with Crippen molar-refractivity contribution in [1.82, 2.24) is 4.90 Å². The van der Waals surface area contributed by atoms with Gasteiger partial charge in [-0.2, -0.15) is 0 Å². The highest BCUT2D eigenvalue weighted by molar-refractivity contribution is 5.97. The molecular formula is C12H19NO3. The topological polar surface area (TPSA) is 57.6 Å². The van der Waals surface area contributed by atoms with E-state index < -0.39 is 0 Å². The van der Waals surface area contributed by atoms with Gasteiger partial charge in [0.05, 0.1) is 6.10 Å². The molecule has 3 unspecified atom stereocenters. The summed E-state index contributed by atoms with van der Waals surface area (Å²) in [5.74, 6) is 0.207. The second kappa shape index (κ2) is 4.53. The van der Waals surface area contributed by atoms with E-state index in [2.05, 4.69) is 6.92 Å². The van der Waals surface area contributed by atoms with E-state index in [1.165, 1.54) is 4.90 Å². The van der Waals surface area contributed by atoms with Gasteiger partial charge in [-0.25, -0.2) is 0 Å². The van der Waals surface area contributed by atoms with Crippen molar-refractivity contribution >= 4 is 11.8 Å². The van der Waals surface area contributed by atoms with Gasteiger partial charge in [0.2, 0.25) is 11.8 Å². The van der Waals surface area contributed by atoms with Crippen molar-refractivity contribution in [1.29, 1.82) is 0 Å². The van der Waals surface area contributed by atoms with Crippen LogP contribution in [0.2, 0.25) is 0 Å². The lowest BCUT2D eigenvalue weighted by Crippen LogP contribution is -2.52. The summed E-state index contributed by atoms with van der Waals surface area (Å²) in [5, 5.41) is 9.65. The summed E-state index contributed by atoms with van der Waals surface area (Å²) >= 11 is 0. The van der Waals surface area contributed by atoms with Gasteiger partial charge in [0, 0.05) is 18.9 Å². The molecule has 2 aliphatic rings. The molecule has 1 N–H and O–H groups in total. The third-order valence-electron chi connectivity index (χ3n) is 3.78. The third kappa shape index (κ3) is 2.12. The lowest BCUT2D eigenvalue weighted by atomic mass is 9.82. The number of amides is 2. The van der Waals surface area contributed by atoms with Crippen LogP contribution in [-0.2, 0) is 9.59 Å². The number of nitrogens with zero attached hydrogens (tertiary/aromatic N) is 1. The molecule has 0 radical (unpaired) electrons. The van der Waals surface area contributed by atoms with Crippen LogP contribution in [0.25, 0.3) is 0 Å². The monoisotopic (exact) mass is 225 g/mol. The van der Waals surface area contributed by atoms with E-state index in [9.17, 15) is 14.7 Å². The number of likely N-dealkylation sites (tertiary alicyclic amines) is 1. The first kappa shape index (κ1) is 11.6. The molecule has 16 heavy (non-hydrogen) atoms. The number of hydrogen-bond donors (Lipinski definition) is 1. The minimum Gasteiger partial charge on any atom is -0.393 e. The van der Waals surface area contributed by atoms with Crippen LogP contribution in [0.15, 0.2) is 0 Å². The van der Waals surface area contributed by atoms with Crippen molar-refractivity contribution in [2.24, 2.45) is 5.92 Å². The first-order chi connectivity index (χ1) is 7.59. The van der Waals surface area contributed by atoms with Crippen LogP contribution in [0.1, 0.15) is 45.4 Å². The Kier molecular flexibility index (Phi) is 3.28. The average molecular weight is 225 g/mol. The molecule has 4 heteroatoms. The van der Waals surface area contributed by atoms with Gasteiger partial charge in [-0.15, -0.1) is 0 Å². The van der Waals surface area contributed by atoms with Gasteiger partial charge < -0.3 is 5.11 Å². The number of imide groups is 1. The molecule has 2 rings (SSSR count). The summed E-state index contributed by atoms with van der Waals surface area (Å²) in [6, 6.07) is -0.0796. The summed E-state index contributed by atoms with van der Waals surface area (Å²) in [6.07, 6.45) is 3.51. The molecule has 3 atom stereocenters. The SMILES string of the molecule is CC1CCC(O)CC1N1C(=O)CCCC1=O. The number of aliphatic hydroxyl groups is 1. The van der Waals surface area contributed by atoms with E-state index in [1.54, 1.807) is 0 Å². The molecule has 1 saturated carbocycles. The number of piperidine rings is 1. The van der Waals surface area contributed by atoms with Gasteiger partial charge in [0.15, 0.2) is 0 Å². The van der Waals surface area contributed by atoms with Gasteiger partial charge in [-0.1, -0.05) is 6.92 Å². The van der Waals surface area contributed by atoms with Crippen molar-refractivity contribution < 1.29 is 14.7 Å². The van der Waals surface area contributed by atoms with Crippen molar-refractivity contribution in [3.8, 4) is 0 Å². The van der Waals surface area contributed by atoms with Gasteiger partial charge >= 0.3 is 0 Å². The zero-order valence-corrected chi connectivity index (χ0v) is 9.69. The van der Waals surface area contributed by atoms with Gasteiger partial charge in [0.25, 0.3) is 0 Å². The van der Waals surface area contributed by atoms with Gasteiger partial charge in [-0.05, 0) is 31.6 Å². The van der Waals surface area contributed by atoms with Crippen LogP contribution in [0, 0.1) is 5.92 Å². The number of carbonyl (C=O) groups excluding carboxylic acids is 2. The van der Waals surface area contributed by atoms with Crippen LogP contribution < -0.4 is 0 Å². The van der Waals surface area contributed by atoms with E-state index in [1.807, 2.05) is 0 Å². The summed E-state index contributed by atoms with van der Waals surface area (Å²) < 4.78 is 0. The first-order valence-corrected chi connectivity index (χ1v) is 6.12. The third-order valence-corrected chi connectivity index (χ3v) is 3.78. The summed E-state index contributed by atoms with van der Waals surface area (Å²) in [4.78, 5) is 25.0. The van der Waals surface area contributed by atoms with Crippen molar-refractivity contribution in [2.75, 3.05) is 0 Å². The highest BCUT2D eigenvalue weighted by Crippen LogP contribution is 2.31. The minimum atomic E-state index is -0.358. The Hall–Kier alpha value is -0.900. The van der Waals surface area contributed by atoms with Gasteiger partial charge in [0.1, 0.15) is 0 Å². The fraction of sp³-hybridized carbons (Fsp3) is 0.833. The minimum absolute atomic E-state index is 0.0535. The van der Waals surface area contributed by atoms with E-state index in [-0.39, 0.29) is 24.0 Å². The molecule has 2 fully saturated rings. The maximum absolute atomic E-state index is 11.8. The Balaban J connectivity index is 2.14. The molecule has 1 heterocycles. The Bertz CT molecular complexity index is 287.